The summed E-state index contributed by atoms with van der Waals surface area (Å²) >= 11 is 0. The molecule has 90 valence electrons. The van der Waals surface area contributed by atoms with Crippen molar-refractivity contribution in [2.75, 3.05) is 6.61 Å². The van der Waals surface area contributed by atoms with Gasteiger partial charge in [-0.05, 0) is 18.9 Å². The van der Waals surface area contributed by atoms with Crippen LogP contribution in [0.3, 0.4) is 0 Å². The lowest BCUT2D eigenvalue weighted by Gasteiger charge is -2.34. The van der Waals surface area contributed by atoms with E-state index >= 15 is 0 Å². The number of ether oxygens (including phenoxy) is 2. The fraction of sp³-hybridized carbons (Fsp3) is 0.462. The summed E-state index contributed by atoms with van der Waals surface area (Å²) in [4.78, 5) is 13.5. The second kappa shape index (κ2) is 4.04. The third-order valence-corrected chi connectivity index (χ3v) is 3.44. The van der Waals surface area contributed by atoms with E-state index in [0.717, 1.165) is 12.0 Å². The zero-order valence-electron chi connectivity index (χ0n) is 9.70. The summed E-state index contributed by atoms with van der Waals surface area (Å²) in [5.41, 5.74) is 1.06. The minimum Gasteiger partial charge on any atom is -0.439 e. The number of benzene rings is 1. The Morgan fingerprint density at radius 1 is 1.29 bits per heavy atom. The largest absolute Gasteiger partial charge is 0.439 e. The van der Waals surface area contributed by atoms with Crippen LogP contribution in [0.15, 0.2) is 30.3 Å². The first-order valence-electron chi connectivity index (χ1n) is 5.93. The van der Waals surface area contributed by atoms with E-state index < -0.39 is 0 Å². The standard InChI is InChI=1S/C13H15NO3/c1-9-14-11(7-8-16-9)12(17-13(14)15)10-5-3-2-4-6-10/h2-6,9,11-12H,7-8H2,1H3. The molecular formula is C13H15NO3. The zero-order chi connectivity index (χ0) is 11.8. The van der Waals surface area contributed by atoms with E-state index in [0.29, 0.717) is 6.61 Å². The number of rotatable bonds is 1. The normalized spacial score (nSPS) is 32.2. The van der Waals surface area contributed by atoms with E-state index in [2.05, 4.69) is 0 Å². The van der Waals surface area contributed by atoms with E-state index in [1.165, 1.54) is 0 Å². The highest BCUT2D eigenvalue weighted by atomic mass is 16.6. The van der Waals surface area contributed by atoms with Crippen LogP contribution < -0.4 is 0 Å². The van der Waals surface area contributed by atoms with Gasteiger partial charge in [0.15, 0.2) is 0 Å². The molecule has 2 saturated heterocycles. The Hall–Kier alpha value is -1.55. The molecule has 4 heteroatoms. The molecule has 17 heavy (non-hydrogen) atoms. The number of carbonyl (C=O) groups excluding carboxylic acids is 1. The van der Waals surface area contributed by atoms with Gasteiger partial charge in [-0.1, -0.05) is 30.3 Å². The molecule has 0 aromatic heterocycles. The van der Waals surface area contributed by atoms with Gasteiger partial charge in [0, 0.05) is 0 Å². The number of carbonyl (C=O) groups is 1. The van der Waals surface area contributed by atoms with Crippen LogP contribution in [-0.4, -0.2) is 29.9 Å². The van der Waals surface area contributed by atoms with Crippen LogP contribution in [0, 0.1) is 0 Å². The lowest BCUT2D eigenvalue weighted by molar-refractivity contribution is -0.0785. The van der Waals surface area contributed by atoms with E-state index in [9.17, 15) is 4.79 Å². The maximum absolute atomic E-state index is 11.8. The average Bonchev–Trinajstić information content (AvgIpc) is 2.69. The lowest BCUT2D eigenvalue weighted by Crippen LogP contribution is -2.47. The van der Waals surface area contributed by atoms with Crippen molar-refractivity contribution in [1.82, 2.24) is 4.90 Å². The van der Waals surface area contributed by atoms with Gasteiger partial charge in [0.2, 0.25) is 0 Å². The average molecular weight is 233 g/mol. The summed E-state index contributed by atoms with van der Waals surface area (Å²) in [6, 6.07) is 10.0. The van der Waals surface area contributed by atoms with Gasteiger partial charge in [-0.15, -0.1) is 0 Å². The van der Waals surface area contributed by atoms with Crippen molar-refractivity contribution in [2.45, 2.75) is 31.7 Å². The smallest absolute Gasteiger partial charge is 0.412 e. The molecule has 0 spiro atoms. The van der Waals surface area contributed by atoms with Crippen molar-refractivity contribution in [2.24, 2.45) is 0 Å². The van der Waals surface area contributed by atoms with E-state index in [1.807, 2.05) is 37.3 Å². The van der Waals surface area contributed by atoms with Crippen molar-refractivity contribution < 1.29 is 14.3 Å². The van der Waals surface area contributed by atoms with Gasteiger partial charge in [-0.2, -0.15) is 0 Å². The Bertz CT molecular complexity index is 420. The molecular weight excluding hydrogens is 218 g/mol. The first-order valence-corrected chi connectivity index (χ1v) is 5.93. The van der Waals surface area contributed by atoms with Crippen LogP contribution in [0.5, 0.6) is 0 Å². The SMILES string of the molecule is CC1OCCC2C(c3ccccc3)OC(=O)N12. The minimum absolute atomic E-state index is 0.105. The van der Waals surface area contributed by atoms with Crippen LogP contribution in [0.1, 0.15) is 25.0 Å². The van der Waals surface area contributed by atoms with Crippen molar-refractivity contribution in [3.05, 3.63) is 35.9 Å². The van der Waals surface area contributed by atoms with E-state index in [4.69, 9.17) is 9.47 Å². The molecule has 3 atom stereocenters. The Morgan fingerprint density at radius 3 is 2.82 bits per heavy atom. The van der Waals surface area contributed by atoms with Crippen molar-refractivity contribution in [3.63, 3.8) is 0 Å². The summed E-state index contributed by atoms with van der Waals surface area (Å²) in [6.07, 6.45) is 0.219. The predicted molar refractivity (Wildman–Crippen MR) is 61.3 cm³/mol. The Kier molecular flexibility index (Phi) is 2.52. The fourth-order valence-corrected chi connectivity index (χ4v) is 2.61. The molecule has 0 bridgehead atoms. The quantitative estimate of drug-likeness (QED) is 0.747. The molecule has 1 amide bonds. The maximum atomic E-state index is 11.8. The molecule has 3 rings (SSSR count). The molecule has 0 saturated carbocycles. The molecule has 2 heterocycles. The first-order chi connectivity index (χ1) is 8.27. The molecule has 0 radical (unpaired) electrons. The number of fused-ring (bicyclic) bond motifs is 1. The second-order valence-corrected chi connectivity index (χ2v) is 4.45. The van der Waals surface area contributed by atoms with E-state index in [-0.39, 0.29) is 24.5 Å². The molecule has 3 unspecified atom stereocenters. The molecule has 2 aliphatic rings. The molecule has 1 aromatic rings. The van der Waals surface area contributed by atoms with Gasteiger partial charge in [-0.3, -0.25) is 4.90 Å². The number of cyclic esters (lactones) is 1. The molecule has 4 nitrogen and oxygen atoms in total. The van der Waals surface area contributed by atoms with Gasteiger partial charge in [0.1, 0.15) is 12.3 Å². The fourth-order valence-electron chi connectivity index (χ4n) is 2.61. The highest BCUT2D eigenvalue weighted by Gasteiger charge is 2.46. The van der Waals surface area contributed by atoms with Crippen LogP contribution in [0.25, 0.3) is 0 Å². The number of amides is 1. The van der Waals surface area contributed by atoms with Gasteiger partial charge < -0.3 is 9.47 Å². The van der Waals surface area contributed by atoms with E-state index in [1.54, 1.807) is 4.90 Å². The van der Waals surface area contributed by atoms with Gasteiger partial charge in [0.25, 0.3) is 0 Å². The number of nitrogens with zero attached hydrogens (tertiary/aromatic N) is 1. The van der Waals surface area contributed by atoms with Crippen LogP contribution >= 0.6 is 0 Å². The first kappa shape index (κ1) is 10.6. The van der Waals surface area contributed by atoms with Crippen molar-refractivity contribution in [3.8, 4) is 0 Å². The highest BCUT2D eigenvalue weighted by Crippen LogP contribution is 2.37. The molecule has 1 aromatic carbocycles. The summed E-state index contributed by atoms with van der Waals surface area (Å²) in [5, 5.41) is 0. The van der Waals surface area contributed by atoms with Crippen molar-refractivity contribution in [1.29, 1.82) is 0 Å². The van der Waals surface area contributed by atoms with Gasteiger partial charge in [-0.25, -0.2) is 4.79 Å². The highest BCUT2D eigenvalue weighted by molar-refractivity contribution is 5.71. The van der Waals surface area contributed by atoms with Crippen LogP contribution in [-0.2, 0) is 9.47 Å². The van der Waals surface area contributed by atoms with Crippen LogP contribution in [0.2, 0.25) is 0 Å². The van der Waals surface area contributed by atoms with Crippen LogP contribution in [0.4, 0.5) is 4.79 Å². The Balaban J connectivity index is 1.91. The monoisotopic (exact) mass is 233 g/mol. The molecule has 2 fully saturated rings. The van der Waals surface area contributed by atoms with Gasteiger partial charge >= 0.3 is 6.09 Å². The summed E-state index contributed by atoms with van der Waals surface area (Å²) in [7, 11) is 0. The lowest BCUT2D eigenvalue weighted by atomic mass is 9.99. The predicted octanol–water partition coefficient (Wildman–Crippen LogP) is 2.31. The maximum Gasteiger partial charge on any atom is 0.412 e. The summed E-state index contributed by atoms with van der Waals surface area (Å²) in [6.45, 7) is 2.57. The second-order valence-electron chi connectivity index (χ2n) is 4.45. The minimum atomic E-state index is -0.268. The Labute approximate surface area is 100 Å². The van der Waals surface area contributed by atoms with Gasteiger partial charge in [0.05, 0.1) is 12.6 Å². The third kappa shape index (κ3) is 1.69. The summed E-state index contributed by atoms with van der Waals surface area (Å²) in [5.74, 6) is 0. The molecule has 0 N–H and O–H groups in total. The van der Waals surface area contributed by atoms with Crippen molar-refractivity contribution >= 4 is 6.09 Å². The summed E-state index contributed by atoms with van der Waals surface area (Å²) < 4.78 is 10.9. The third-order valence-electron chi connectivity index (χ3n) is 3.44. The zero-order valence-corrected chi connectivity index (χ0v) is 9.70. The molecule has 0 aliphatic carbocycles. The molecule has 2 aliphatic heterocycles. The Morgan fingerprint density at radius 2 is 2.06 bits per heavy atom. The number of hydrogen-bond acceptors (Lipinski definition) is 3. The number of hydrogen-bond donors (Lipinski definition) is 0. The topological polar surface area (TPSA) is 38.8 Å².